The highest BCUT2D eigenvalue weighted by Gasteiger charge is 2.53. The van der Waals surface area contributed by atoms with Crippen LogP contribution in [0.1, 0.15) is 50.5 Å². The summed E-state index contributed by atoms with van der Waals surface area (Å²) >= 11 is 0. The fourth-order valence-electron chi connectivity index (χ4n) is 4.26. The van der Waals surface area contributed by atoms with Crippen molar-refractivity contribution in [3.8, 4) is 12.1 Å². The Morgan fingerprint density at radius 3 is 2.35 bits per heavy atom. The van der Waals surface area contributed by atoms with Gasteiger partial charge >= 0.3 is 0 Å². The maximum absolute atomic E-state index is 12.9. The molecule has 1 aromatic rings. The summed E-state index contributed by atoms with van der Waals surface area (Å²) < 4.78 is 0. The van der Waals surface area contributed by atoms with E-state index in [9.17, 15) is 15.3 Å². The average Bonchev–Trinajstić information content (AvgIpc) is 2.64. The summed E-state index contributed by atoms with van der Waals surface area (Å²) in [5.41, 5.74) is -0.107. The first-order valence-electron chi connectivity index (χ1n) is 9.08. The summed E-state index contributed by atoms with van der Waals surface area (Å²) in [5.74, 6) is -0.323. The van der Waals surface area contributed by atoms with Crippen LogP contribution in [0.15, 0.2) is 36.9 Å². The quantitative estimate of drug-likeness (QED) is 0.704. The molecule has 1 aliphatic carbocycles. The first-order valence-corrected chi connectivity index (χ1v) is 9.08. The molecule has 4 nitrogen and oxygen atoms in total. The van der Waals surface area contributed by atoms with Crippen LogP contribution in [0.25, 0.3) is 0 Å². The van der Waals surface area contributed by atoms with Gasteiger partial charge in [0.2, 0.25) is 0 Å². The average molecular weight is 349 g/mol. The number of ketones is 1. The van der Waals surface area contributed by atoms with Crippen LogP contribution < -0.4 is 4.90 Å². The van der Waals surface area contributed by atoms with E-state index in [1.54, 1.807) is 6.08 Å². The third-order valence-electron chi connectivity index (χ3n) is 5.73. The number of nitrogens with zero attached hydrogens (tertiary/aromatic N) is 3. The largest absolute Gasteiger partial charge is 0.378 e. The summed E-state index contributed by atoms with van der Waals surface area (Å²) in [4.78, 5) is 14.9. The highest BCUT2D eigenvalue weighted by atomic mass is 16.1. The second-order valence-corrected chi connectivity index (χ2v) is 7.65. The predicted molar refractivity (Wildman–Crippen MR) is 104 cm³/mol. The number of carbonyl (C=O) groups excluding carboxylic acids is 1. The van der Waals surface area contributed by atoms with Crippen molar-refractivity contribution < 1.29 is 4.79 Å². The second-order valence-electron chi connectivity index (χ2n) is 7.65. The molecule has 4 heteroatoms. The number of nitriles is 2. The highest BCUT2D eigenvalue weighted by Crippen LogP contribution is 2.54. The van der Waals surface area contributed by atoms with Crippen LogP contribution in [0.2, 0.25) is 0 Å². The van der Waals surface area contributed by atoms with Crippen molar-refractivity contribution in [1.29, 1.82) is 10.5 Å². The standard InChI is InChI=1S/C22H27N3O/c1-5-13-22(15-23,16-24)20(21(2)14-7-6-8-19(21)26)17-9-11-18(12-10-17)25(3)4/h5,9-12,20H,1,6-8,13-14H2,2-4H3/t20-,21-/m0/s1. The molecule has 1 aromatic carbocycles. The Hall–Kier alpha value is -2.59. The van der Waals surface area contributed by atoms with Gasteiger partial charge in [-0.05, 0) is 37.0 Å². The van der Waals surface area contributed by atoms with Gasteiger partial charge in [0.05, 0.1) is 12.1 Å². The fraction of sp³-hybridized carbons (Fsp3) is 0.500. The van der Waals surface area contributed by atoms with Gasteiger partial charge in [-0.25, -0.2) is 0 Å². The van der Waals surface area contributed by atoms with Crippen LogP contribution in [0.5, 0.6) is 0 Å². The fourth-order valence-corrected chi connectivity index (χ4v) is 4.26. The zero-order valence-corrected chi connectivity index (χ0v) is 16.0. The summed E-state index contributed by atoms with van der Waals surface area (Å²) in [6, 6.07) is 12.4. The van der Waals surface area contributed by atoms with E-state index in [0.29, 0.717) is 12.8 Å². The Morgan fingerprint density at radius 1 is 1.27 bits per heavy atom. The minimum Gasteiger partial charge on any atom is -0.378 e. The summed E-state index contributed by atoms with van der Waals surface area (Å²) in [5, 5.41) is 19.9. The number of Topliss-reactive ketones (excluding diaryl/α,β-unsaturated/α-hetero) is 1. The molecule has 2 atom stereocenters. The molecule has 1 fully saturated rings. The minimum absolute atomic E-state index is 0.157. The van der Waals surface area contributed by atoms with E-state index >= 15 is 0 Å². The van der Waals surface area contributed by atoms with Crippen molar-refractivity contribution in [2.75, 3.05) is 19.0 Å². The van der Waals surface area contributed by atoms with E-state index in [4.69, 9.17) is 0 Å². The number of allylic oxidation sites excluding steroid dienone is 1. The summed E-state index contributed by atoms with van der Waals surface area (Å²) in [6.07, 6.45) is 4.90. The van der Waals surface area contributed by atoms with E-state index in [2.05, 4.69) is 18.7 Å². The van der Waals surface area contributed by atoms with Gasteiger partial charge in [0.25, 0.3) is 0 Å². The molecule has 0 spiro atoms. The van der Waals surface area contributed by atoms with E-state index < -0.39 is 16.7 Å². The van der Waals surface area contributed by atoms with Crippen LogP contribution in [0, 0.1) is 33.5 Å². The Kier molecular flexibility index (Phi) is 5.88. The molecule has 2 rings (SSSR count). The Morgan fingerprint density at radius 2 is 1.88 bits per heavy atom. The van der Waals surface area contributed by atoms with Crippen LogP contribution >= 0.6 is 0 Å². The van der Waals surface area contributed by atoms with E-state index in [0.717, 1.165) is 24.1 Å². The van der Waals surface area contributed by atoms with Crippen molar-refractivity contribution in [3.63, 3.8) is 0 Å². The van der Waals surface area contributed by atoms with E-state index in [1.807, 2.05) is 50.2 Å². The molecule has 0 saturated heterocycles. The minimum atomic E-state index is -1.30. The molecule has 0 amide bonds. The molecule has 0 unspecified atom stereocenters. The molecule has 0 aromatic heterocycles. The van der Waals surface area contributed by atoms with Crippen LogP contribution in [0.3, 0.4) is 0 Å². The third kappa shape index (κ3) is 3.37. The van der Waals surface area contributed by atoms with Crippen LogP contribution in [-0.4, -0.2) is 19.9 Å². The van der Waals surface area contributed by atoms with Gasteiger partial charge in [-0.15, -0.1) is 6.58 Å². The molecule has 1 aliphatic rings. The predicted octanol–water partition coefficient (Wildman–Crippen LogP) is 4.60. The Bertz CT molecular complexity index is 737. The molecular weight excluding hydrogens is 322 g/mol. The van der Waals surface area contributed by atoms with Crippen molar-refractivity contribution in [1.82, 2.24) is 0 Å². The lowest BCUT2D eigenvalue weighted by Crippen LogP contribution is -2.44. The molecule has 0 bridgehead atoms. The number of carbonyl (C=O) groups is 1. The van der Waals surface area contributed by atoms with Gasteiger partial charge in [0, 0.05) is 37.5 Å². The van der Waals surface area contributed by atoms with Crippen molar-refractivity contribution >= 4 is 11.5 Å². The Labute approximate surface area is 156 Å². The number of rotatable bonds is 6. The second kappa shape index (κ2) is 7.75. The van der Waals surface area contributed by atoms with Gasteiger partial charge in [-0.1, -0.05) is 31.6 Å². The topological polar surface area (TPSA) is 67.9 Å². The maximum Gasteiger partial charge on any atom is 0.154 e. The zero-order valence-electron chi connectivity index (χ0n) is 16.0. The molecular formula is C22H27N3O. The third-order valence-corrected chi connectivity index (χ3v) is 5.73. The monoisotopic (exact) mass is 349 g/mol. The Balaban J connectivity index is 2.66. The summed E-state index contributed by atoms with van der Waals surface area (Å²) in [7, 11) is 3.93. The number of benzene rings is 1. The van der Waals surface area contributed by atoms with Crippen molar-refractivity contribution in [2.45, 2.75) is 44.9 Å². The molecule has 0 N–H and O–H groups in total. The van der Waals surface area contributed by atoms with Crippen LogP contribution in [-0.2, 0) is 4.79 Å². The first kappa shape index (κ1) is 19.7. The number of anilines is 1. The lowest BCUT2D eigenvalue weighted by atomic mass is 9.55. The zero-order chi connectivity index (χ0) is 19.4. The first-order chi connectivity index (χ1) is 12.3. The maximum atomic E-state index is 12.9. The highest BCUT2D eigenvalue weighted by molar-refractivity contribution is 5.86. The molecule has 136 valence electrons. The molecule has 1 saturated carbocycles. The molecule has 0 radical (unpaired) electrons. The van der Waals surface area contributed by atoms with Crippen molar-refractivity contribution in [3.05, 3.63) is 42.5 Å². The van der Waals surface area contributed by atoms with Crippen molar-refractivity contribution in [2.24, 2.45) is 10.8 Å². The SMILES string of the molecule is C=CCC(C#N)(C#N)[C@@H](c1ccc(N(C)C)cc1)[C@@]1(C)CCCCC1=O. The van der Waals surface area contributed by atoms with E-state index in [1.165, 1.54) is 0 Å². The van der Waals surface area contributed by atoms with Crippen LogP contribution in [0.4, 0.5) is 5.69 Å². The molecule has 0 heterocycles. The van der Waals surface area contributed by atoms with Gasteiger partial charge < -0.3 is 4.90 Å². The number of hydrogen-bond donors (Lipinski definition) is 0. The normalized spacial score (nSPS) is 21.3. The smallest absolute Gasteiger partial charge is 0.154 e. The van der Waals surface area contributed by atoms with E-state index in [-0.39, 0.29) is 12.2 Å². The lowest BCUT2D eigenvalue weighted by Gasteiger charge is -2.44. The molecule has 26 heavy (non-hydrogen) atoms. The number of hydrogen-bond acceptors (Lipinski definition) is 4. The van der Waals surface area contributed by atoms with Gasteiger partial charge in [0.1, 0.15) is 5.78 Å². The molecule has 0 aliphatic heterocycles. The van der Waals surface area contributed by atoms with Gasteiger partial charge in [0.15, 0.2) is 5.41 Å². The van der Waals surface area contributed by atoms with Gasteiger partial charge in [-0.3, -0.25) is 4.79 Å². The lowest BCUT2D eigenvalue weighted by molar-refractivity contribution is -0.133. The summed E-state index contributed by atoms with van der Waals surface area (Å²) in [6.45, 7) is 5.68. The van der Waals surface area contributed by atoms with Gasteiger partial charge in [-0.2, -0.15) is 10.5 Å².